The average Bonchev–Trinajstić information content (AvgIpc) is 3.26. The molecule has 7 nitrogen and oxygen atoms in total. The van der Waals surface area contributed by atoms with Gasteiger partial charge in [-0.05, 0) is 18.2 Å². The Labute approximate surface area is 168 Å². The Morgan fingerprint density at radius 3 is 2.40 bits per heavy atom. The zero-order valence-electron chi connectivity index (χ0n) is 14.8. The van der Waals surface area contributed by atoms with Gasteiger partial charge in [-0.15, -0.1) is 0 Å². The molecule has 0 fully saturated rings. The molecule has 160 valence electrons. The first-order valence-electron chi connectivity index (χ1n) is 7.92. The van der Waals surface area contributed by atoms with Gasteiger partial charge in [0, 0.05) is 12.3 Å². The highest BCUT2D eigenvalue weighted by Gasteiger charge is 2.42. The number of methoxy groups -OCH3 is 1. The van der Waals surface area contributed by atoms with E-state index in [2.05, 4.69) is 19.9 Å². The zero-order chi connectivity index (χ0) is 22.3. The van der Waals surface area contributed by atoms with Gasteiger partial charge in [-0.1, -0.05) is 11.6 Å². The van der Waals surface area contributed by atoms with E-state index in [1.807, 2.05) is 0 Å². The highest BCUT2D eigenvalue weighted by atomic mass is 35.5. The summed E-state index contributed by atoms with van der Waals surface area (Å²) in [6.07, 6.45) is -8.85. The average molecular weight is 454 g/mol. The summed E-state index contributed by atoms with van der Waals surface area (Å²) in [5.74, 6) is -0.943. The van der Waals surface area contributed by atoms with Crippen LogP contribution in [0.25, 0.3) is 5.82 Å². The summed E-state index contributed by atoms with van der Waals surface area (Å²) in [5.41, 5.74) is -3.79. The number of carbonyl (C=O) groups is 1. The van der Waals surface area contributed by atoms with Gasteiger partial charge in [0.2, 0.25) is 0 Å². The van der Waals surface area contributed by atoms with Crippen molar-refractivity contribution in [2.75, 3.05) is 7.11 Å². The number of carbonyl (C=O) groups excluding carboxylic acids is 1. The summed E-state index contributed by atoms with van der Waals surface area (Å²) in [7, 11) is 1.06. The molecule has 0 N–H and O–H groups in total. The first kappa shape index (κ1) is 21.6. The van der Waals surface area contributed by atoms with Crippen molar-refractivity contribution in [2.45, 2.75) is 18.9 Å². The van der Waals surface area contributed by atoms with Crippen molar-refractivity contribution in [2.24, 2.45) is 0 Å². The van der Waals surface area contributed by atoms with E-state index >= 15 is 0 Å². The van der Waals surface area contributed by atoms with Crippen LogP contribution in [0.15, 0.2) is 30.5 Å². The molecule has 0 aliphatic rings. The van der Waals surface area contributed by atoms with Crippen LogP contribution < -0.4 is 0 Å². The van der Waals surface area contributed by atoms with Gasteiger partial charge in [0.15, 0.2) is 17.2 Å². The molecular formula is C16H10ClF6N5O2. The Bertz CT molecular complexity index is 1090. The summed E-state index contributed by atoms with van der Waals surface area (Å²) < 4.78 is 83.7. The topological polar surface area (TPSA) is 74.8 Å². The number of halogens is 7. The van der Waals surface area contributed by atoms with E-state index in [0.29, 0.717) is 0 Å². The maximum absolute atomic E-state index is 13.2. The lowest BCUT2D eigenvalue weighted by Gasteiger charge is -2.08. The number of esters is 1. The Kier molecular flexibility index (Phi) is 5.50. The van der Waals surface area contributed by atoms with Crippen LogP contribution in [0.2, 0.25) is 5.02 Å². The number of nitrogens with zero attached hydrogens (tertiary/aromatic N) is 5. The molecule has 0 saturated heterocycles. The standard InChI is InChI=1S/C16H10ClF6N5O2/c1-30-14(29)10-5-8(25-28(10)13-9(17)3-2-4-24-13)7-27-12(16(21,22)23)6-11(26-27)15(18,19)20/h2-6H,7H2,1H3. The molecule has 0 aliphatic carbocycles. The van der Waals surface area contributed by atoms with E-state index in [0.717, 1.165) is 17.9 Å². The van der Waals surface area contributed by atoms with Crippen LogP contribution in [0.5, 0.6) is 0 Å². The van der Waals surface area contributed by atoms with E-state index in [4.69, 9.17) is 11.6 Å². The largest absolute Gasteiger partial charge is 0.464 e. The fraction of sp³-hybridized carbons (Fsp3) is 0.250. The summed E-state index contributed by atoms with van der Waals surface area (Å²) in [6, 6.07) is 3.86. The van der Waals surface area contributed by atoms with Gasteiger partial charge in [-0.25, -0.2) is 14.5 Å². The summed E-state index contributed by atoms with van der Waals surface area (Å²) in [5, 5.41) is 7.02. The minimum atomic E-state index is -5.10. The number of hydrogen-bond acceptors (Lipinski definition) is 5. The summed E-state index contributed by atoms with van der Waals surface area (Å²) in [6.45, 7) is -0.813. The smallest absolute Gasteiger partial charge is 0.435 e. The highest BCUT2D eigenvalue weighted by molar-refractivity contribution is 6.32. The molecule has 3 rings (SSSR count). The molecular weight excluding hydrogens is 444 g/mol. The molecule has 30 heavy (non-hydrogen) atoms. The third kappa shape index (κ3) is 4.25. The van der Waals surface area contributed by atoms with Crippen LogP contribution in [-0.2, 0) is 23.6 Å². The molecule has 0 radical (unpaired) electrons. The van der Waals surface area contributed by atoms with Crippen molar-refractivity contribution in [3.05, 3.63) is 58.3 Å². The highest BCUT2D eigenvalue weighted by Crippen LogP contribution is 2.35. The van der Waals surface area contributed by atoms with Gasteiger partial charge < -0.3 is 4.74 Å². The Morgan fingerprint density at radius 2 is 1.83 bits per heavy atom. The molecule has 3 aromatic rings. The SMILES string of the molecule is COC(=O)c1cc(Cn2nc(C(F)(F)F)cc2C(F)(F)F)nn1-c1ncccc1Cl. The Balaban J connectivity index is 2.09. The van der Waals surface area contributed by atoms with E-state index in [-0.39, 0.29) is 33.0 Å². The zero-order valence-corrected chi connectivity index (χ0v) is 15.5. The van der Waals surface area contributed by atoms with Crippen LogP contribution in [0.4, 0.5) is 26.3 Å². The van der Waals surface area contributed by atoms with Crippen molar-refractivity contribution in [1.82, 2.24) is 24.5 Å². The monoisotopic (exact) mass is 453 g/mol. The molecule has 0 aromatic carbocycles. The molecule has 3 heterocycles. The Hall–Kier alpha value is -3.09. The third-order valence-corrected chi connectivity index (χ3v) is 4.06. The van der Waals surface area contributed by atoms with E-state index in [1.54, 1.807) is 0 Å². The maximum Gasteiger partial charge on any atom is 0.435 e. The predicted octanol–water partition coefficient (Wildman–Crippen LogP) is 3.99. The second-order valence-electron chi connectivity index (χ2n) is 5.80. The third-order valence-electron chi connectivity index (χ3n) is 3.77. The van der Waals surface area contributed by atoms with Crippen LogP contribution in [0, 0.1) is 0 Å². The van der Waals surface area contributed by atoms with Gasteiger partial charge in [0.1, 0.15) is 5.69 Å². The second-order valence-corrected chi connectivity index (χ2v) is 6.21. The molecule has 0 saturated carbocycles. The number of aromatic nitrogens is 5. The molecule has 3 aromatic heterocycles. The van der Waals surface area contributed by atoms with Crippen LogP contribution >= 0.6 is 11.6 Å². The molecule has 0 atom stereocenters. The van der Waals surface area contributed by atoms with Gasteiger partial charge in [-0.2, -0.15) is 36.5 Å². The van der Waals surface area contributed by atoms with Crippen molar-refractivity contribution in [1.29, 1.82) is 0 Å². The van der Waals surface area contributed by atoms with Gasteiger partial charge in [0.05, 0.1) is 24.4 Å². The number of ether oxygens (including phenoxy) is 1. The van der Waals surface area contributed by atoms with Crippen LogP contribution in [-0.4, -0.2) is 37.6 Å². The molecule has 0 spiro atoms. The number of hydrogen-bond donors (Lipinski definition) is 0. The maximum atomic E-state index is 13.2. The second kappa shape index (κ2) is 7.63. The van der Waals surface area contributed by atoms with E-state index in [9.17, 15) is 31.1 Å². The number of pyridine rings is 1. The van der Waals surface area contributed by atoms with Crippen molar-refractivity contribution in [3.8, 4) is 5.82 Å². The first-order chi connectivity index (χ1) is 13.9. The molecule has 14 heteroatoms. The van der Waals surface area contributed by atoms with Gasteiger partial charge >= 0.3 is 18.3 Å². The van der Waals surface area contributed by atoms with Gasteiger partial charge in [0.25, 0.3) is 0 Å². The quantitative estimate of drug-likeness (QED) is 0.441. The van der Waals surface area contributed by atoms with Gasteiger partial charge in [-0.3, -0.25) is 4.68 Å². The molecule has 0 unspecified atom stereocenters. The lowest BCUT2D eigenvalue weighted by molar-refractivity contribution is -0.144. The van der Waals surface area contributed by atoms with Crippen molar-refractivity contribution >= 4 is 17.6 Å². The number of alkyl halides is 6. The fourth-order valence-electron chi connectivity index (χ4n) is 2.51. The van der Waals surface area contributed by atoms with Crippen LogP contribution in [0.1, 0.15) is 27.6 Å². The normalized spacial score (nSPS) is 12.3. The minimum absolute atomic E-state index is 0.0293. The molecule has 0 bridgehead atoms. The fourth-order valence-corrected chi connectivity index (χ4v) is 2.71. The lowest BCUT2D eigenvalue weighted by atomic mass is 10.3. The Morgan fingerprint density at radius 1 is 1.13 bits per heavy atom. The lowest BCUT2D eigenvalue weighted by Crippen LogP contribution is -2.16. The van der Waals surface area contributed by atoms with Crippen molar-refractivity contribution < 1.29 is 35.9 Å². The summed E-state index contributed by atoms with van der Waals surface area (Å²) >= 11 is 6.02. The minimum Gasteiger partial charge on any atom is -0.464 e. The van der Waals surface area contributed by atoms with E-state index < -0.39 is 36.3 Å². The predicted molar refractivity (Wildman–Crippen MR) is 89.0 cm³/mol. The summed E-state index contributed by atoms with van der Waals surface area (Å²) in [4.78, 5) is 16.0. The van der Waals surface area contributed by atoms with E-state index in [1.165, 1.54) is 18.3 Å². The van der Waals surface area contributed by atoms with Crippen molar-refractivity contribution in [3.63, 3.8) is 0 Å². The first-order valence-corrected chi connectivity index (χ1v) is 8.30. The molecule has 0 amide bonds. The van der Waals surface area contributed by atoms with Crippen LogP contribution in [0.3, 0.4) is 0 Å². The number of rotatable bonds is 4. The molecule has 0 aliphatic heterocycles.